The average Bonchev–Trinajstić information content (AvgIpc) is 3.03. The van der Waals surface area contributed by atoms with Crippen molar-refractivity contribution in [2.75, 3.05) is 31.3 Å². The molecule has 0 atom stereocenters. The summed E-state index contributed by atoms with van der Waals surface area (Å²) in [6.07, 6.45) is 4.18. The fourth-order valence-electron chi connectivity index (χ4n) is 1.55. The van der Waals surface area contributed by atoms with Crippen molar-refractivity contribution >= 4 is 28.2 Å². The number of anilines is 2. The monoisotopic (exact) mass is 295 g/mol. The van der Waals surface area contributed by atoms with E-state index in [1.54, 1.807) is 17.1 Å². The summed E-state index contributed by atoms with van der Waals surface area (Å²) in [5, 5.41) is 11.1. The molecule has 2 rings (SSSR count). The van der Waals surface area contributed by atoms with E-state index in [2.05, 4.69) is 20.6 Å². The third-order valence-electron chi connectivity index (χ3n) is 2.55. The molecular weight excluding hydrogens is 278 g/mol. The first-order valence-corrected chi connectivity index (χ1v) is 6.95. The number of carbonyl (C=O) groups is 1. The van der Waals surface area contributed by atoms with Crippen molar-refractivity contribution in [3.8, 4) is 0 Å². The van der Waals surface area contributed by atoms with Crippen LogP contribution in [0.25, 0.3) is 0 Å². The number of hydrogen-bond donors (Lipinski definition) is 2. The number of nitrogens with one attached hydrogen (secondary N) is 1. The molecule has 108 valence electrons. The van der Waals surface area contributed by atoms with Crippen LogP contribution in [0.4, 0.5) is 10.9 Å². The van der Waals surface area contributed by atoms with Crippen LogP contribution in [0.5, 0.6) is 0 Å². The number of thiazole rings is 1. The third kappa shape index (κ3) is 3.44. The Labute approximate surface area is 120 Å². The van der Waals surface area contributed by atoms with Crippen LogP contribution < -0.4 is 16.0 Å². The Hall–Kier alpha value is -2.16. The molecule has 0 aliphatic carbocycles. The molecule has 1 amide bonds. The molecule has 0 aliphatic heterocycles. The highest BCUT2D eigenvalue weighted by atomic mass is 32.1. The van der Waals surface area contributed by atoms with E-state index in [-0.39, 0.29) is 11.7 Å². The summed E-state index contributed by atoms with van der Waals surface area (Å²) in [5.74, 6) is 0.0826. The molecule has 3 N–H and O–H groups in total. The highest BCUT2D eigenvalue weighted by Crippen LogP contribution is 2.26. The van der Waals surface area contributed by atoms with Gasteiger partial charge in [-0.15, -0.1) is 5.10 Å². The van der Waals surface area contributed by atoms with Crippen LogP contribution in [-0.2, 0) is 6.54 Å². The maximum atomic E-state index is 12.0. The van der Waals surface area contributed by atoms with Crippen molar-refractivity contribution in [1.82, 2.24) is 25.3 Å². The molecule has 9 heteroatoms. The van der Waals surface area contributed by atoms with Gasteiger partial charge in [-0.2, -0.15) is 0 Å². The van der Waals surface area contributed by atoms with Crippen LogP contribution in [0.2, 0.25) is 0 Å². The lowest BCUT2D eigenvalue weighted by molar-refractivity contribution is 0.0957. The van der Waals surface area contributed by atoms with Crippen molar-refractivity contribution in [3.63, 3.8) is 0 Å². The fraction of sp³-hybridized carbons (Fsp3) is 0.455. The Balaban J connectivity index is 1.82. The van der Waals surface area contributed by atoms with Gasteiger partial charge in [-0.05, 0) is 6.42 Å². The first-order valence-electron chi connectivity index (χ1n) is 6.14. The number of amides is 1. The van der Waals surface area contributed by atoms with Crippen molar-refractivity contribution < 1.29 is 4.79 Å². The number of nitrogens with zero attached hydrogens (tertiary/aromatic N) is 5. The molecule has 0 radical (unpaired) electrons. The Bertz CT molecular complexity index is 563. The van der Waals surface area contributed by atoms with Gasteiger partial charge in [0, 0.05) is 33.4 Å². The van der Waals surface area contributed by atoms with Gasteiger partial charge in [-0.3, -0.25) is 9.48 Å². The summed E-state index contributed by atoms with van der Waals surface area (Å²) >= 11 is 1.28. The fourth-order valence-corrected chi connectivity index (χ4v) is 2.37. The van der Waals surface area contributed by atoms with E-state index < -0.39 is 0 Å². The number of aromatic nitrogens is 4. The normalized spacial score (nSPS) is 10.5. The lowest BCUT2D eigenvalue weighted by atomic mass is 10.4. The van der Waals surface area contributed by atoms with Crippen LogP contribution in [0.15, 0.2) is 12.4 Å². The number of rotatable bonds is 6. The minimum atomic E-state index is -0.188. The van der Waals surface area contributed by atoms with Gasteiger partial charge in [0.15, 0.2) is 5.13 Å². The zero-order valence-corrected chi connectivity index (χ0v) is 12.2. The van der Waals surface area contributed by atoms with Crippen molar-refractivity contribution in [3.05, 3.63) is 17.3 Å². The molecule has 20 heavy (non-hydrogen) atoms. The van der Waals surface area contributed by atoms with Gasteiger partial charge in [0.1, 0.15) is 10.7 Å². The molecule has 2 aromatic heterocycles. The Kier molecular flexibility index (Phi) is 4.51. The van der Waals surface area contributed by atoms with E-state index in [1.165, 1.54) is 11.3 Å². The van der Waals surface area contributed by atoms with Gasteiger partial charge in [-0.25, -0.2) is 4.98 Å². The van der Waals surface area contributed by atoms with Crippen LogP contribution in [-0.4, -0.2) is 46.5 Å². The Morgan fingerprint density at radius 1 is 1.55 bits per heavy atom. The lowest BCUT2D eigenvalue weighted by Crippen LogP contribution is -2.25. The van der Waals surface area contributed by atoms with Crippen LogP contribution in [0.1, 0.15) is 16.1 Å². The van der Waals surface area contributed by atoms with Crippen molar-refractivity contribution in [2.24, 2.45) is 0 Å². The van der Waals surface area contributed by atoms with E-state index in [1.807, 2.05) is 19.0 Å². The summed E-state index contributed by atoms with van der Waals surface area (Å²) < 4.78 is 1.72. The number of hydrogen-bond acceptors (Lipinski definition) is 7. The topological polar surface area (TPSA) is 102 Å². The first-order chi connectivity index (χ1) is 9.58. The van der Waals surface area contributed by atoms with Crippen LogP contribution in [0, 0.1) is 0 Å². The smallest absolute Gasteiger partial charge is 0.265 e. The van der Waals surface area contributed by atoms with Gasteiger partial charge in [-0.1, -0.05) is 16.6 Å². The van der Waals surface area contributed by atoms with E-state index in [9.17, 15) is 4.79 Å². The molecule has 0 unspecified atom stereocenters. The molecule has 2 aromatic rings. The summed E-state index contributed by atoms with van der Waals surface area (Å²) in [6.45, 7) is 1.26. The maximum Gasteiger partial charge on any atom is 0.265 e. The molecule has 0 bridgehead atoms. The second-order valence-corrected chi connectivity index (χ2v) is 5.36. The van der Waals surface area contributed by atoms with Gasteiger partial charge < -0.3 is 16.0 Å². The van der Waals surface area contributed by atoms with Crippen LogP contribution >= 0.6 is 11.3 Å². The largest absolute Gasteiger partial charge is 0.382 e. The van der Waals surface area contributed by atoms with Gasteiger partial charge in [0.05, 0.1) is 6.20 Å². The minimum absolute atomic E-state index is 0.188. The van der Waals surface area contributed by atoms with E-state index in [0.29, 0.717) is 18.0 Å². The van der Waals surface area contributed by atoms with E-state index in [4.69, 9.17) is 5.73 Å². The number of nitrogen functional groups attached to an aromatic ring is 1. The van der Waals surface area contributed by atoms with Crippen molar-refractivity contribution in [2.45, 2.75) is 13.0 Å². The average molecular weight is 295 g/mol. The first kappa shape index (κ1) is 14.3. The molecular formula is C11H17N7OS. The molecule has 0 aromatic carbocycles. The van der Waals surface area contributed by atoms with Crippen LogP contribution in [0.3, 0.4) is 0 Å². The molecule has 0 saturated carbocycles. The lowest BCUT2D eigenvalue weighted by Gasteiger charge is -2.05. The Morgan fingerprint density at radius 3 is 2.95 bits per heavy atom. The zero-order valence-electron chi connectivity index (χ0n) is 11.4. The Morgan fingerprint density at radius 2 is 2.35 bits per heavy atom. The van der Waals surface area contributed by atoms with E-state index >= 15 is 0 Å². The zero-order chi connectivity index (χ0) is 14.5. The molecule has 0 saturated heterocycles. The summed E-state index contributed by atoms with van der Waals surface area (Å²) in [5.41, 5.74) is 5.75. The predicted molar refractivity (Wildman–Crippen MR) is 77.8 cm³/mol. The predicted octanol–water partition coefficient (Wildman–Crippen LogP) is 0.203. The van der Waals surface area contributed by atoms with Gasteiger partial charge in [0.25, 0.3) is 5.91 Å². The second kappa shape index (κ2) is 6.33. The summed E-state index contributed by atoms with van der Waals surface area (Å²) in [7, 11) is 3.72. The number of carbonyl (C=O) groups excluding carboxylic acids is 1. The van der Waals surface area contributed by atoms with Gasteiger partial charge >= 0.3 is 0 Å². The standard InChI is InChI=1S/C11H17N7OS/c1-17(2)11-15-9(12)8(20-11)10(19)13-4-3-6-18-7-5-14-16-18/h5,7H,3-4,6,12H2,1-2H3,(H,13,19). The molecule has 0 spiro atoms. The quantitative estimate of drug-likeness (QED) is 0.738. The highest BCUT2D eigenvalue weighted by Gasteiger charge is 2.16. The molecule has 8 nitrogen and oxygen atoms in total. The minimum Gasteiger partial charge on any atom is -0.382 e. The number of nitrogens with two attached hydrogens (primary N) is 1. The highest BCUT2D eigenvalue weighted by molar-refractivity contribution is 7.18. The maximum absolute atomic E-state index is 12.0. The van der Waals surface area contributed by atoms with Gasteiger partial charge in [0.2, 0.25) is 0 Å². The third-order valence-corrected chi connectivity index (χ3v) is 3.79. The SMILES string of the molecule is CN(C)c1nc(N)c(C(=O)NCCCn2ccnn2)s1. The molecule has 0 aliphatic rings. The summed E-state index contributed by atoms with van der Waals surface area (Å²) in [4.78, 5) is 18.4. The van der Waals surface area contributed by atoms with Crippen molar-refractivity contribution in [1.29, 1.82) is 0 Å². The van der Waals surface area contributed by atoms with E-state index in [0.717, 1.165) is 11.6 Å². The summed E-state index contributed by atoms with van der Waals surface area (Å²) in [6, 6.07) is 0. The molecule has 2 heterocycles. The molecule has 0 fully saturated rings. The second-order valence-electron chi connectivity index (χ2n) is 4.38. The number of aryl methyl sites for hydroxylation is 1.